The molecular formula is C20H21NO3S. The third-order valence-corrected chi connectivity index (χ3v) is 5.15. The van der Waals surface area contributed by atoms with Gasteiger partial charge in [0.2, 0.25) is 0 Å². The molecule has 2 atom stereocenters. The Morgan fingerprint density at radius 3 is 2.68 bits per heavy atom. The average molecular weight is 355 g/mol. The third-order valence-electron chi connectivity index (χ3n) is 4.21. The molecule has 0 saturated carbocycles. The molecule has 1 heterocycles. The van der Waals surface area contributed by atoms with Crippen LogP contribution in [-0.2, 0) is 14.3 Å². The van der Waals surface area contributed by atoms with Crippen LogP contribution in [0.2, 0.25) is 0 Å². The van der Waals surface area contributed by atoms with Crippen LogP contribution in [0.5, 0.6) is 0 Å². The van der Waals surface area contributed by atoms with E-state index in [1.807, 2.05) is 53.9 Å². The standard InChI is InChI=1S/C20H21NO3S/c22-18(14-24-20(23)16-10-5-2-6-11-16)21-19(17-12-7-13-25-17)15-8-3-1-4-9-15/h1-5,7-9,12-13,16,19H,6,10-11,14H2,(H,21,22)/t16-,19-/m0/s1. The van der Waals surface area contributed by atoms with Crippen molar-refractivity contribution in [1.29, 1.82) is 0 Å². The molecule has 2 aromatic rings. The number of ether oxygens (including phenoxy) is 1. The summed E-state index contributed by atoms with van der Waals surface area (Å²) < 4.78 is 5.22. The predicted octanol–water partition coefficient (Wildman–Crippen LogP) is 3.85. The monoisotopic (exact) mass is 355 g/mol. The van der Waals surface area contributed by atoms with Gasteiger partial charge in [-0.3, -0.25) is 9.59 Å². The van der Waals surface area contributed by atoms with Crippen molar-refractivity contribution in [3.8, 4) is 0 Å². The molecule has 1 aromatic carbocycles. The van der Waals surface area contributed by atoms with Gasteiger partial charge < -0.3 is 10.1 Å². The van der Waals surface area contributed by atoms with Gasteiger partial charge in [0.15, 0.2) is 6.61 Å². The SMILES string of the molecule is O=C(COC(=O)[C@H]1CC=CCC1)N[C@@H](c1ccccc1)c1cccs1. The highest BCUT2D eigenvalue weighted by atomic mass is 32.1. The van der Waals surface area contributed by atoms with Crippen molar-refractivity contribution >= 4 is 23.2 Å². The summed E-state index contributed by atoms with van der Waals surface area (Å²) in [5.41, 5.74) is 1.00. The van der Waals surface area contributed by atoms with Crippen LogP contribution in [0.3, 0.4) is 0 Å². The van der Waals surface area contributed by atoms with E-state index in [1.54, 1.807) is 11.3 Å². The maximum Gasteiger partial charge on any atom is 0.309 e. The highest BCUT2D eigenvalue weighted by Gasteiger charge is 2.22. The summed E-state index contributed by atoms with van der Waals surface area (Å²) in [5, 5.41) is 4.95. The first-order valence-corrected chi connectivity index (χ1v) is 9.31. The van der Waals surface area contributed by atoms with E-state index in [-0.39, 0.29) is 30.4 Å². The van der Waals surface area contributed by atoms with Crippen molar-refractivity contribution in [2.45, 2.75) is 25.3 Å². The van der Waals surface area contributed by atoms with E-state index in [1.165, 1.54) is 0 Å². The van der Waals surface area contributed by atoms with Crippen molar-refractivity contribution in [2.75, 3.05) is 6.61 Å². The number of esters is 1. The highest BCUT2D eigenvalue weighted by Crippen LogP contribution is 2.26. The molecule has 5 heteroatoms. The van der Waals surface area contributed by atoms with Gasteiger partial charge >= 0.3 is 5.97 Å². The molecule has 1 aliphatic rings. The number of benzene rings is 1. The minimum absolute atomic E-state index is 0.125. The third kappa shape index (κ3) is 4.79. The average Bonchev–Trinajstić information content (AvgIpc) is 3.20. The zero-order valence-corrected chi connectivity index (χ0v) is 14.7. The first-order chi connectivity index (χ1) is 12.2. The maximum absolute atomic E-state index is 12.3. The molecule has 0 radical (unpaired) electrons. The summed E-state index contributed by atoms with van der Waals surface area (Å²) in [7, 11) is 0. The van der Waals surface area contributed by atoms with Crippen LogP contribution in [0, 0.1) is 5.92 Å². The molecular weight excluding hydrogens is 334 g/mol. The van der Waals surface area contributed by atoms with Crippen molar-refractivity contribution in [1.82, 2.24) is 5.32 Å². The quantitative estimate of drug-likeness (QED) is 0.632. The molecule has 1 aliphatic carbocycles. The summed E-state index contributed by atoms with van der Waals surface area (Å²) in [6.07, 6.45) is 6.45. The Kier molecular flexibility index (Phi) is 6.01. The first-order valence-electron chi connectivity index (χ1n) is 8.43. The van der Waals surface area contributed by atoms with Crippen LogP contribution >= 0.6 is 11.3 Å². The highest BCUT2D eigenvalue weighted by molar-refractivity contribution is 7.10. The van der Waals surface area contributed by atoms with Crippen LogP contribution in [0.4, 0.5) is 0 Å². The Hall–Kier alpha value is -2.40. The summed E-state index contributed by atoms with van der Waals surface area (Å²) >= 11 is 1.58. The van der Waals surface area contributed by atoms with E-state index in [2.05, 4.69) is 11.4 Å². The van der Waals surface area contributed by atoms with Gasteiger partial charge in [-0.05, 0) is 36.3 Å². The molecule has 0 bridgehead atoms. The number of rotatable bonds is 6. The van der Waals surface area contributed by atoms with Gasteiger partial charge in [-0.15, -0.1) is 11.3 Å². The molecule has 0 unspecified atom stereocenters. The minimum Gasteiger partial charge on any atom is -0.455 e. The van der Waals surface area contributed by atoms with Gasteiger partial charge in [0, 0.05) is 4.88 Å². The lowest BCUT2D eigenvalue weighted by Gasteiger charge is -2.19. The number of thiophene rings is 1. The smallest absolute Gasteiger partial charge is 0.309 e. The van der Waals surface area contributed by atoms with Crippen molar-refractivity contribution < 1.29 is 14.3 Å². The second-order valence-corrected chi connectivity index (χ2v) is 6.99. The Balaban J connectivity index is 1.59. The van der Waals surface area contributed by atoms with Gasteiger partial charge in [0.1, 0.15) is 0 Å². The molecule has 0 fully saturated rings. The van der Waals surface area contributed by atoms with Crippen molar-refractivity contribution in [3.63, 3.8) is 0 Å². The van der Waals surface area contributed by atoms with E-state index in [0.717, 1.165) is 23.3 Å². The molecule has 1 amide bonds. The summed E-state index contributed by atoms with van der Waals surface area (Å²) in [4.78, 5) is 25.4. The lowest BCUT2D eigenvalue weighted by Crippen LogP contribution is -2.33. The molecule has 0 saturated heterocycles. The van der Waals surface area contributed by atoms with Gasteiger partial charge in [0.05, 0.1) is 12.0 Å². The number of amides is 1. The zero-order chi connectivity index (χ0) is 17.5. The molecule has 130 valence electrons. The van der Waals surface area contributed by atoms with Gasteiger partial charge in [-0.25, -0.2) is 0 Å². The molecule has 1 aromatic heterocycles. The number of carbonyl (C=O) groups is 2. The van der Waals surface area contributed by atoms with E-state index < -0.39 is 0 Å². The number of allylic oxidation sites excluding steroid dienone is 2. The maximum atomic E-state index is 12.3. The summed E-state index contributed by atoms with van der Waals surface area (Å²) in [6, 6.07) is 13.5. The van der Waals surface area contributed by atoms with E-state index in [0.29, 0.717) is 6.42 Å². The number of hydrogen-bond acceptors (Lipinski definition) is 4. The van der Waals surface area contributed by atoms with Crippen molar-refractivity contribution in [3.05, 3.63) is 70.4 Å². The summed E-state index contributed by atoms with van der Waals surface area (Å²) in [6.45, 7) is -0.242. The number of carbonyl (C=O) groups excluding carboxylic acids is 2. The lowest BCUT2D eigenvalue weighted by atomic mass is 9.95. The molecule has 4 nitrogen and oxygen atoms in total. The van der Waals surface area contributed by atoms with Gasteiger partial charge in [-0.1, -0.05) is 48.6 Å². The normalized spacial score (nSPS) is 17.7. The van der Waals surface area contributed by atoms with Crippen LogP contribution in [0.1, 0.15) is 35.7 Å². The fourth-order valence-electron chi connectivity index (χ4n) is 2.88. The predicted molar refractivity (Wildman–Crippen MR) is 98.2 cm³/mol. The molecule has 25 heavy (non-hydrogen) atoms. The van der Waals surface area contributed by atoms with Crippen LogP contribution < -0.4 is 5.32 Å². The molecule has 1 N–H and O–H groups in total. The molecule has 3 rings (SSSR count). The number of hydrogen-bond donors (Lipinski definition) is 1. The Labute approximate surface area is 151 Å². The van der Waals surface area contributed by atoms with E-state index >= 15 is 0 Å². The van der Waals surface area contributed by atoms with Crippen LogP contribution in [-0.4, -0.2) is 18.5 Å². The zero-order valence-electron chi connectivity index (χ0n) is 13.9. The fourth-order valence-corrected chi connectivity index (χ4v) is 3.69. The van der Waals surface area contributed by atoms with Crippen LogP contribution in [0.15, 0.2) is 60.0 Å². The van der Waals surface area contributed by atoms with E-state index in [9.17, 15) is 9.59 Å². The largest absolute Gasteiger partial charge is 0.455 e. The topological polar surface area (TPSA) is 55.4 Å². The van der Waals surface area contributed by atoms with Crippen LogP contribution in [0.25, 0.3) is 0 Å². The van der Waals surface area contributed by atoms with Gasteiger partial charge in [-0.2, -0.15) is 0 Å². The molecule has 0 spiro atoms. The fraction of sp³-hybridized carbons (Fsp3) is 0.300. The van der Waals surface area contributed by atoms with E-state index in [4.69, 9.17) is 4.74 Å². The second-order valence-electron chi connectivity index (χ2n) is 6.02. The van der Waals surface area contributed by atoms with Gasteiger partial charge in [0.25, 0.3) is 5.91 Å². The second kappa shape index (κ2) is 8.62. The van der Waals surface area contributed by atoms with Crippen molar-refractivity contribution in [2.24, 2.45) is 5.92 Å². The summed E-state index contributed by atoms with van der Waals surface area (Å²) in [5.74, 6) is -0.700. The number of nitrogens with one attached hydrogen (secondary N) is 1. The minimum atomic E-state index is -0.290. The Bertz CT molecular complexity index is 725. The first kappa shape index (κ1) is 17.4. The molecule has 0 aliphatic heterocycles. The Morgan fingerprint density at radius 1 is 1.16 bits per heavy atom. The lowest BCUT2D eigenvalue weighted by molar-refractivity contribution is -0.153. The Morgan fingerprint density at radius 2 is 2.00 bits per heavy atom.